The van der Waals surface area contributed by atoms with E-state index in [-0.39, 0.29) is 24.4 Å². The monoisotopic (exact) mass is 222 g/mol. The fourth-order valence-corrected chi connectivity index (χ4v) is 1.33. The van der Waals surface area contributed by atoms with E-state index in [0.717, 1.165) is 0 Å². The highest BCUT2D eigenvalue weighted by atomic mass is 16.5. The molecule has 1 aromatic rings. The van der Waals surface area contributed by atoms with Gasteiger partial charge in [0.25, 0.3) is 0 Å². The summed E-state index contributed by atoms with van der Waals surface area (Å²) in [6, 6.07) is 7.06. The van der Waals surface area contributed by atoms with Gasteiger partial charge in [0.15, 0.2) is 5.78 Å². The number of hydrogen-bond acceptors (Lipinski definition) is 3. The van der Waals surface area contributed by atoms with Crippen molar-refractivity contribution in [2.75, 3.05) is 6.61 Å². The van der Waals surface area contributed by atoms with Crippen molar-refractivity contribution in [1.82, 2.24) is 0 Å². The van der Waals surface area contributed by atoms with Crippen LogP contribution in [0.3, 0.4) is 0 Å². The molecule has 0 aliphatic carbocycles. The zero-order valence-corrected chi connectivity index (χ0v) is 9.93. The third-order valence-corrected chi connectivity index (χ3v) is 2.24. The van der Waals surface area contributed by atoms with Gasteiger partial charge >= 0.3 is 0 Å². The van der Waals surface area contributed by atoms with Gasteiger partial charge in [-0.15, -0.1) is 0 Å². The van der Waals surface area contributed by atoms with E-state index in [9.17, 15) is 4.79 Å². The van der Waals surface area contributed by atoms with Crippen LogP contribution in [0.25, 0.3) is 0 Å². The number of aliphatic hydroxyl groups excluding tert-OH is 1. The molecule has 1 unspecified atom stereocenters. The van der Waals surface area contributed by atoms with Gasteiger partial charge in [0.2, 0.25) is 0 Å². The molecule has 0 fully saturated rings. The molecule has 0 saturated carbocycles. The van der Waals surface area contributed by atoms with Crippen molar-refractivity contribution >= 4 is 5.78 Å². The molecule has 3 nitrogen and oxygen atoms in total. The second-order valence-corrected chi connectivity index (χ2v) is 4.16. The Labute approximate surface area is 96.1 Å². The molecule has 0 aliphatic rings. The first-order valence-corrected chi connectivity index (χ1v) is 5.46. The maximum Gasteiger partial charge on any atom is 0.165 e. The number of ketones is 1. The summed E-state index contributed by atoms with van der Waals surface area (Å²) in [5, 5.41) is 8.87. The standard InChI is InChI=1S/C13H18O3/c1-9(2)13(15)11-5-4-6-12(7-11)16-10(3)8-14/h4-7,9-10,14H,8H2,1-3H3. The molecule has 1 atom stereocenters. The van der Waals surface area contributed by atoms with Crippen molar-refractivity contribution < 1.29 is 14.6 Å². The van der Waals surface area contributed by atoms with E-state index in [0.29, 0.717) is 11.3 Å². The van der Waals surface area contributed by atoms with Crippen LogP contribution in [0.5, 0.6) is 5.75 Å². The van der Waals surface area contributed by atoms with Gasteiger partial charge in [-0.2, -0.15) is 0 Å². The molecule has 0 heterocycles. The van der Waals surface area contributed by atoms with Crippen LogP contribution in [0.15, 0.2) is 24.3 Å². The molecule has 3 heteroatoms. The molecule has 0 aliphatic heterocycles. The molecule has 0 bridgehead atoms. The first kappa shape index (κ1) is 12.7. The Kier molecular flexibility index (Phi) is 4.50. The van der Waals surface area contributed by atoms with Crippen molar-refractivity contribution in [3.05, 3.63) is 29.8 Å². The predicted octanol–water partition coefficient (Wildman–Crippen LogP) is 2.28. The van der Waals surface area contributed by atoms with Gasteiger partial charge in [0.05, 0.1) is 6.61 Å². The highest BCUT2D eigenvalue weighted by Crippen LogP contribution is 2.17. The number of Topliss-reactive ketones (excluding diaryl/α,β-unsaturated/α-hetero) is 1. The summed E-state index contributed by atoms with van der Waals surface area (Å²) in [6.45, 7) is 5.47. The van der Waals surface area contributed by atoms with Gasteiger partial charge in [-0.3, -0.25) is 4.79 Å². The minimum Gasteiger partial charge on any atom is -0.488 e. The number of carbonyl (C=O) groups excluding carboxylic acids is 1. The van der Waals surface area contributed by atoms with Gasteiger partial charge in [-0.05, 0) is 19.1 Å². The van der Waals surface area contributed by atoms with Crippen LogP contribution in [0.1, 0.15) is 31.1 Å². The molecule has 1 aromatic carbocycles. The summed E-state index contributed by atoms with van der Waals surface area (Å²) in [4.78, 5) is 11.7. The molecule has 1 N–H and O–H groups in total. The Morgan fingerprint density at radius 1 is 1.38 bits per heavy atom. The fraction of sp³-hybridized carbons (Fsp3) is 0.462. The Bertz CT molecular complexity index is 358. The van der Waals surface area contributed by atoms with Crippen LogP contribution in [0, 0.1) is 5.92 Å². The lowest BCUT2D eigenvalue weighted by Crippen LogP contribution is -2.16. The molecular weight excluding hydrogens is 204 g/mol. The van der Waals surface area contributed by atoms with Crippen LogP contribution >= 0.6 is 0 Å². The van der Waals surface area contributed by atoms with Gasteiger partial charge < -0.3 is 9.84 Å². The molecule has 0 saturated heterocycles. The minimum atomic E-state index is -0.260. The average Bonchev–Trinajstić information content (AvgIpc) is 2.28. The van der Waals surface area contributed by atoms with Crippen LogP contribution in [-0.2, 0) is 0 Å². The lowest BCUT2D eigenvalue weighted by Gasteiger charge is -2.13. The van der Waals surface area contributed by atoms with Crippen LogP contribution in [0.2, 0.25) is 0 Å². The molecule has 0 radical (unpaired) electrons. The predicted molar refractivity (Wildman–Crippen MR) is 62.8 cm³/mol. The Morgan fingerprint density at radius 3 is 2.62 bits per heavy atom. The number of ether oxygens (including phenoxy) is 1. The highest BCUT2D eigenvalue weighted by molar-refractivity contribution is 5.97. The number of rotatable bonds is 5. The quantitative estimate of drug-likeness (QED) is 0.777. The Hall–Kier alpha value is -1.35. The number of carbonyl (C=O) groups is 1. The maximum absolute atomic E-state index is 11.7. The van der Waals surface area contributed by atoms with E-state index < -0.39 is 0 Å². The lowest BCUT2D eigenvalue weighted by atomic mass is 10.0. The smallest absolute Gasteiger partial charge is 0.165 e. The average molecular weight is 222 g/mol. The first-order valence-electron chi connectivity index (χ1n) is 5.46. The van der Waals surface area contributed by atoms with E-state index in [2.05, 4.69) is 0 Å². The van der Waals surface area contributed by atoms with E-state index >= 15 is 0 Å². The number of aliphatic hydroxyl groups is 1. The minimum absolute atomic E-state index is 0.0227. The van der Waals surface area contributed by atoms with Crippen LogP contribution < -0.4 is 4.74 Å². The maximum atomic E-state index is 11.7. The normalized spacial score (nSPS) is 12.6. The van der Waals surface area contributed by atoms with Gasteiger partial charge in [0.1, 0.15) is 11.9 Å². The molecule has 0 amide bonds. The van der Waals surface area contributed by atoms with Crippen LogP contribution in [0.4, 0.5) is 0 Å². The topological polar surface area (TPSA) is 46.5 Å². The zero-order chi connectivity index (χ0) is 12.1. The summed E-state index contributed by atoms with van der Waals surface area (Å²) in [5.74, 6) is 0.695. The van der Waals surface area contributed by atoms with E-state index in [1.165, 1.54) is 0 Å². The number of benzene rings is 1. The van der Waals surface area contributed by atoms with Crippen LogP contribution in [-0.4, -0.2) is 23.6 Å². The SMILES string of the molecule is CC(CO)Oc1cccc(C(=O)C(C)C)c1. The van der Waals surface area contributed by atoms with Gasteiger partial charge in [0, 0.05) is 11.5 Å². The second-order valence-electron chi connectivity index (χ2n) is 4.16. The molecular formula is C13H18O3. The summed E-state index contributed by atoms with van der Waals surface area (Å²) in [6.07, 6.45) is -0.260. The van der Waals surface area contributed by atoms with Crippen molar-refractivity contribution in [3.8, 4) is 5.75 Å². The van der Waals surface area contributed by atoms with E-state index in [4.69, 9.17) is 9.84 Å². The highest BCUT2D eigenvalue weighted by Gasteiger charge is 2.11. The third kappa shape index (κ3) is 3.35. The summed E-state index contributed by atoms with van der Waals surface area (Å²) in [7, 11) is 0. The van der Waals surface area contributed by atoms with Crippen molar-refractivity contribution in [1.29, 1.82) is 0 Å². The fourth-order valence-electron chi connectivity index (χ4n) is 1.33. The molecule has 16 heavy (non-hydrogen) atoms. The molecule has 88 valence electrons. The van der Waals surface area contributed by atoms with E-state index in [1.807, 2.05) is 13.8 Å². The largest absolute Gasteiger partial charge is 0.488 e. The molecule has 0 aromatic heterocycles. The second kappa shape index (κ2) is 5.66. The van der Waals surface area contributed by atoms with Crippen molar-refractivity contribution in [3.63, 3.8) is 0 Å². The Balaban J connectivity index is 2.83. The first-order chi connectivity index (χ1) is 7.54. The van der Waals surface area contributed by atoms with E-state index in [1.54, 1.807) is 31.2 Å². The zero-order valence-electron chi connectivity index (χ0n) is 9.93. The number of hydrogen-bond donors (Lipinski definition) is 1. The third-order valence-electron chi connectivity index (χ3n) is 2.24. The Morgan fingerprint density at radius 2 is 2.06 bits per heavy atom. The van der Waals surface area contributed by atoms with Gasteiger partial charge in [-0.1, -0.05) is 26.0 Å². The summed E-state index contributed by atoms with van der Waals surface area (Å²) in [5.41, 5.74) is 0.651. The van der Waals surface area contributed by atoms with Gasteiger partial charge in [-0.25, -0.2) is 0 Å². The van der Waals surface area contributed by atoms with Crippen molar-refractivity contribution in [2.24, 2.45) is 5.92 Å². The molecule has 1 rings (SSSR count). The molecule has 0 spiro atoms. The lowest BCUT2D eigenvalue weighted by molar-refractivity contribution is 0.0938. The summed E-state index contributed by atoms with van der Waals surface area (Å²) >= 11 is 0. The summed E-state index contributed by atoms with van der Waals surface area (Å²) < 4.78 is 5.43. The van der Waals surface area contributed by atoms with Crippen molar-refractivity contribution in [2.45, 2.75) is 26.9 Å².